The molecule has 0 saturated carbocycles. The van der Waals surface area contributed by atoms with Gasteiger partial charge in [-0.3, -0.25) is 4.79 Å². The highest BCUT2D eigenvalue weighted by molar-refractivity contribution is 5.67. The molecule has 0 amide bonds. The van der Waals surface area contributed by atoms with Crippen molar-refractivity contribution in [3.8, 4) is 5.75 Å². The van der Waals surface area contributed by atoms with Gasteiger partial charge in [0.25, 0.3) is 0 Å². The molecule has 0 aromatic heterocycles. The number of carboxylic acids is 1. The predicted octanol–water partition coefficient (Wildman–Crippen LogP) is 3.09. The van der Waals surface area contributed by atoms with Gasteiger partial charge in [0, 0.05) is 0 Å². The lowest BCUT2D eigenvalue weighted by Gasteiger charge is -2.15. The van der Waals surface area contributed by atoms with Crippen LogP contribution in [0.3, 0.4) is 0 Å². The quantitative estimate of drug-likeness (QED) is 0.852. The van der Waals surface area contributed by atoms with Gasteiger partial charge in [-0.05, 0) is 25.1 Å². The molecule has 0 spiro atoms. The average molecular weight is 266 g/mol. The topological polar surface area (TPSA) is 46.5 Å². The summed E-state index contributed by atoms with van der Waals surface area (Å²) in [7, 11) is 0. The first kappa shape index (κ1) is 14.3. The molecule has 0 radical (unpaired) electrons. The molecule has 0 saturated heterocycles. The van der Waals surface area contributed by atoms with Crippen molar-refractivity contribution >= 4 is 5.97 Å². The van der Waals surface area contributed by atoms with Gasteiger partial charge in [-0.1, -0.05) is 0 Å². The Morgan fingerprint density at radius 2 is 2.06 bits per heavy atom. The van der Waals surface area contributed by atoms with Crippen LogP contribution in [0.15, 0.2) is 18.2 Å². The molecule has 1 rings (SSSR count). The van der Waals surface area contributed by atoms with Crippen LogP contribution in [0.25, 0.3) is 0 Å². The summed E-state index contributed by atoms with van der Waals surface area (Å²) in [5.74, 6) is -2.76. The minimum Gasteiger partial charge on any atom is -0.490 e. The van der Waals surface area contributed by atoms with Gasteiger partial charge in [0.05, 0.1) is 12.0 Å². The number of carboxylic acid groups (broad SMARTS) is 1. The molecule has 0 aliphatic heterocycles. The lowest BCUT2D eigenvalue weighted by Crippen LogP contribution is -2.17. The van der Waals surface area contributed by atoms with Gasteiger partial charge in [0.1, 0.15) is 17.7 Å². The second kappa shape index (κ2) is 5.24. The number of rotatable bonds is 4. The third-order valence-corrected chi connectivity index (χ3v) is 2.04. The molecule has 0 fully saturated rings. The highest BCUT2D eigenvalue weighted by Gasteiger charge is 2.34. The Hall–Kier alpha value is -1.79. The summed E-state index contributed by atoms with van der Waals surface area (Å²) in [5, 5.41) is 8.47. The summed E-state index contributed by atoms with van der Waals surface area (Å²) in [5.41, 5.74) is -1.44. The largest absolute Gasteiger partial charge is 0.490 e. The second-order valence-electron chi connectivity index (χ2n) is 3.67. The molecule has 0 unspecified atom stereocenters. The van der Waals surface area contributed by atoms with Crippen molar-refractivity contribution in [3.63, 3.8) is 0 Å². The van der Waals surface area contributed by atoms with Crippen LogP contribution >= 0.6 is 0 Å². The predicted molar refractivity (Wildman–Crippen MR) is 53.7 cm³/mol. The van der Waals surface area contributed by atoms with Crippen LogP contribution in [-0.2, 0) is 11.0 Å². The van der Waals surface area contributed by atoms with E-state index in [1.165, 1.54) is 6.92 Å². The van der Waals surface area contributed by atoms with Crippen LogP contribution in [0.5, 0.6) is 5.75 Å². The van der Waals surface area contributed by atoms with Crippen molar-refractivity contribution in [1.82, 2.24) is 0 Å². The van der Waals surface area contributed by atoms with E-state index in [4.69, 9.17) is 9.84 Å². The fourth-order valence-electron chi connectivity index (χ4n) is 1.31. The van der Waals surface area contributed by atoms with Gasteiger partial charge >= 0.3 is 12.1 Å². The molecular weight excluding hydrogens is 256 g/mol. The summed E-state index contributed by atoms with van der Waals surface area (Å²) in [6.45, 7) is 1.39. The van der Waals surface area contributed by atoms with Crippen molar-refractivity contribution in [2.24, 2.45) is 0 Å². The smallest absolute Gasteiger partial charge is 0.419 e. The second-order valence-corrected chi connectivity index (χ2v) is 3.67. The van der Waals surface area contributed by atoms with Gasteiger partial charge in [0.15, 0.2) is 0 Å². The van der Waals surface area contributed by atoms with Gasteiger partial charge in [-0.15, -0.1) is 0 Å². The zero-order valence-corrected chi connectivity index (χ0v) is 9.29. The monoisotopic (exact) mass is 266 g/mol. The molecule has 18 heavy (non-hydrogen) atoms. The van der Waals surface area contributed by atoms with Gasteiger partial charge in [0.2, 0.25) is 0 Å². The van der Waals surface area contributed by atoms with Gasteiger partial charge < -0.3 is 9.84 Å². The summed E-state index contributed by atoms with van der Waals surface area (Å²) < 4.78 is 55.1. The molecule has 1 aromatic rings. The molecule has 1 aromatic carbocycles. The van der Waals surface area contributed by atoms with E-state index >= 15 is 0 Å². The summed E-state index contributed by atoms with van der Waals surface area (Å²) >= 11 is 0. The molecule has 0 aliphatic carbocycles. The number of halogens is 4. The number of benzene rings is 1. The normalized spacial score (nSPS) is 13.2. The standard InChI is InChI=1S/C11H10F4O3/c1-6(4-10(16)17)18-7-2-3-9(12)8(5-7)11(13,14)15/h2-3,5-6H,4H2,1H3,(H,16,17)/t6-/m1/s1. The van der Waals surface area contributed by atoms with E-state index in [-0.39, 0.29) is 12.2 Å². The molecule has 1 atom stereocenters. The Morgan fingerprint density at radius 1 is 1.44 bits per heavy atom. The van der Waals surface area contributed by atoms with E-state index in [0.717, 1.165) is 6.07 Å². The van der Waals surface area contributed by atoms with Crippen molar-refractivity contribution < 1.29 is 32.2 Å². The zero-order chi connectivity index (χ0) is 13.9. The molecule has 0 aliphatic rings. The van der Waals surface area contributed by atoms with E-state index in [9.17, 15) is 22.4 Å². The van der Waals surface area contributed by atoms with Gasteiger partial charge in [-0.25, -0.2) is 4.39 Å². The third kappa shape index (κ3) is 3.90. The number of hydrogen-bond donors (Lipinski definition) is 1. The number of carbonyl (C=O) groups is 1. The number of hydrogen-bond acceptors (Lipinski definition) is 2. The maximum absolute atomic E-state index is 12.9. The Kier molecular flexibility index (Phi) is 4.15. The molecule has 7 heteroatoms. The Morgan fingerprint density at radius 3 is 2.56 bits per heavy atom. The Labute approximate surface area is 100.0 Å². The molecule has 0 heterocycles. The van der Waals surface area contributed by atoms with Crippen LogP contribution in [0.4, 0.5) is 17.6 Å². The fourth-order valence-corrected chi connectivity index (χ4v) is 1.31. The third-order valence-electron chi connectivity index (χ3n) is 2.04. The fraction of sp³-hybridized carbons (Fsp3) is 0.364. The lowest BCUT2D eigenvalue weighted by atomic mass is 10.2. The molecular formula is C11H10F4O3. The summed E-state index contributed by atoms with van der Waals surface area (Å²) in [6, 6.07) is 2.16. The summed E-state index contributed by atoms with van der Waals surface area (Å²) in [4.78, 5) is 10.4. The van der Waals surface area contributed by atoms with E-state index in [1.54, 1.807) is 0 Å². The van der Waals surface area contributed by atoms with E-state index < -0.39 is 29.6 Å². The first-order chi connectivity index (χ1) is 8.20. The molecule has 1 N–H and O–H groups in total. The van der Waals surface area contributed by atoms with Crippen LogP contribution in [0.2, 0.25) is 0 Å². The maximum atomic E-state index is 12.9. The summed E-state index contributed by atoms with van der Waals surface area (Å²) in [6.07, 6.45) is -5.99. The maximum Gasteiger partial charge on any atom is 0.419 e. The molecule has 3 nitrogen and oxygen atoms in total. The SMILES string of the molecule is C[C@H](CC(=O)O)Oc1ccc(F)c(C(F)(F)F)c1. The number of aliphatic carboxylic acids is 1. The van der Waals surface area contributed by atoms with Gasteiger partial charge in [-0.2, -0.15) is 13.2 Å². The Balaban J connectivity index is 2.89. The lowest BCUT2D eigenvalue weighted by molar-refractivity contribution is -0.141. The Bertz CT molecular complexity index is 442. The van der Waals surface area contributed by atoms with Crippen LogP contribution in [0, 0.1) is 5.82 Å². The van der Waals surface area contributed by atoms with E-state index in [1.807, 2.05) is 0 Å². The van der Waals surface area contributed by atoms with Crippen molar-refractivity contribution in [2.45, 2.75) is 25.6 Å². The van der Waals surface area contributed by atoms with Crippen molar-refractivity contribution in [1.29, 1.82) is 0 Å². The highest BCUT2D eigenvalue weighted by atomic mass is 19.4. The van der Waals surface area contributed by atoms with E-state index in [2.05, 4.69) is 0 Å². The minimum absolute atomic E-state index is 0.225. The first-order valence-electron chi connectivity index (χ1n) is 4.95. The first-order valence-corrected chi connectivity index (χ1v) is 4.95. The van der Waals surface area contributed by atoms with Crippen LogP contribution < -0.4 is 4.74 Å². The number of ether oxygens (including phenoxy) is 1. The van der Waals surface area contributed by atoms with Crippen molar-refractivity contribution in [3.05, 3.63) is 29.6 Å². The van der Waals surface area contributed by atoms with E-state index in [0.29, 0.717) is 12.1 Å². The average Bonchev–Trinajstić information content (AvgIpc) is 2.17. The van der Waals surface area contributed by atoms with Crippen LogP contribution in [-0.4, -0.2) is 17.2 Å². The minimum atomic E-state index is -4.82. The number of alkyl halides is 3. The molecule has 0 bridgehead atoms. The molecule has 100 valence electrons. The zero-order valence-electron chi connectivity index (χ0n) is 9.29. The highest BCUT2D eigenvalue weighted by Crippen LogP contribution is 2.33. The van der Waals surface area contributed by atoms with Crippen molar-refractivity contribution in [2.75, 3.05) is 0 Å². The van der Waals surface area contributed by atoms with Crippen LogP contribution in [0.1, 0.15) is 18.9 Å².